The molecule has 1 saturated carbocycles. The lowest BCUT2D eigenvalue weighted by Gasteiger charge is -2.38. The van der Waals surface area contributed by atoms with E-state index in [-0.39, 0.29) is 0 Å². The van der Waals surface area contributed by atoms with Gasteiger partial charge in [0.1, 0.15) is 12.1 Å². The Labute approximate surface area is 97.7 Å². The Morgan fingerprint density at radius 3 is 2.69 bits per heavy atom. The van der Waals surface area contributed by atoms with Gasteiger partial charge in [-0.2, -0.15) is 0 Å². The lowest BCUT2D eigenvalue weighted by atomic mass is 9.70. The van der Waals surface area contributed by atoms with Crippen molar-refractivity contribution in [2.24, 2.45) is 5.41 Å². The highest BCUT2D eigenvalue weighted by Gasteiger charge is 2.31. The number of anilines is 1. The van der Waals surface area contributed by atoms with E-state index in [2.05, 4.69) is 42.1 Å². The molecule has 0 radical (unpaired) electrons. The molecule has 2 rings (SSSR count). The van der Waals surface area contributed by atoms with Crippen LogP contribution < -0.4 is 5.32 Å². The molecule has 0 atom stereocenters. The molecule has 1 aromatic heterocycles. The largest absolute Gasteiger partial charge is 0.369 e. The number of rotatable bonds is 4. The predicted molar refractivity (Wildman–Crippen MR) is 66.6 cm³/mol. The molecular weight excluding hydrogens is 198 g/mol. The first-order valence-electron chi connectivity index (χ1n) is 6.15. The van der Waals surface area contributed by atoms with Gasteiger partial charge in [-0.25, -0.2) is 9.97 Å². The quantitative estimate of drug-likeness (QED) is 0.845. The summed E-state index contributed by atoms with van der Waals surface area (Å²) in [6, 6.07) is 2.06. The van der Waals surface area contributed by atoms with E-state index >= 15 is 0 Å². The average Bonchev–Trinajstić information content (AvgIpc) is 2.24. The SMILES string of the molecule is CC(C)c1cc(NCC2(C)CCC2)ncn1. The number of nitrogens with one attached hydrogen (secondary N) is 1. The molecule has 0 aliphatic heterocycles. The van der Waals surface area contributed by atoms with Crippen LogP contribution in [-0.4, -0.2) is 16.5 Å². The minimum Gasteiger partial charge on any atom is -0.369 e. The maximum absolute atomic E-state index is 4.27. The Balaban J connectivity index is 1.96. The van der Waals surface area contributed by atoms with E-state index in [1.807, 2.05) is 0 Å². The lowest BCUT2D eigenvalue weighted by molar-refractivity contribution is 0.180. The van der Waals surface area contributed by atoms with Gasteiger partial charge < -0.3 is 5.32 Å². The van der Waals surface area contributed by atoms with E-state index in [1.165, 1.54) is 19.3 Å². The van der Waals surface area contributed by atoms with Gasteiger partial charge in [0.2, 0.25) is 0 Å². The fourth-order valence-corrected chi connectivity index (χ4v) is 2.05. The zero-order chi connectivity index (χ0) is 11.6. The summed E-state index contributed by atoms with van der Waals surface area (Å²) < 4.78 is 0. The van der Waals surface area contributed by atoms with Crippen molar-refractivity contribution in [3.63, 3.8) is 0 Å². The van der Waals surface area contributed by atoms with Crippen LogP contribution in [0.1, 0.15) is 51.6 Å². The van der Waals surface area contributed by atoms with Crippen LogP contribution in [0.25, 0.3) is 0 Å². The Bertz CT molecular complexity index is 356. The second-order valence-electron chi connectivity index (χ2n) is 5.50. The van der Waals surface area contributed by atoms with Crippen molar-refractivity contribution in [3.05, 3.63) is 18.1 Å². The molecular formula is C13H21N3. The van der Waals surface area contributed by atoms with Crippen molar-refractivity contribution in [3.8, 4) is 0 Å². The van der Waals surface area contributed by atoms with Gasteiger partial charge in [0.15, 0.2) is 0 Å². The molecule has 3 heteroatoms. The molecule has 1 aliphatic carbocycles. The van der Waals surface area contributed by atoms with Crippen LogP contribution in [0.4, 0.5) is 5.82 Å². The van der Waals surface area contributed by atoms with Crippen LogP contribution in [0.5, 0.6) is 0 Å². The number of hydrogen-bond donors (Lipinski definition) is 1. The minimum absolute atomic E-state index is 0.461. The van der Waals surface area contributed by atoms with Crippen LogP contribution >= 0.6 is 0 Å². The van der Waals surface area contributed by atoms with Crippen LogP contribution in [0.3, 0.4) is 0 Å². The van der Waals surface area contributed by atoms with Crippen LogP contribution in [0, 0.1) is 5.41 Å². The first-order valence-corrected chi connectivity index (χ1v) is 6.15. The molecule has 0 unspecified atom stereocenters. The maximum Gasteiger partial charge on any atom is 0.129 e. The third-order valence-electron chi connectivity index (χ3n) is 3.54. The molecule has 1 heterocycles. The van der Waals surface area contributed by atoms with Gasteiger partial charge >= 0.3 is 0 Å². The van der Waals surface area contributed by atoms with Gasteiger partial charge in [0, 0.05) is 18.3 Å². The Hall–Kier alpha value is -1.12. The first-order chi connectivity index (χ1) is 7.59. The molecule has 0 spiro atoms. The normalized spacial score (nSPS) is 18.2. The lowest BCUT2D eigenvalue weighted by Crippen LogP contribution is -2.33. The smallest absolute Gasteiger partial charge is 0.129 e. The summed E-state index contributed by atoms with van der Waals surface area (Å²) in [6.45, 7) is 7.67. The molecule has 3 nitrogen and oxygen atoms in total. The summed E-state index contributed by atoms with van der Waals surface area (Å²) in [5.41, 5.74) is 1.60. The van der Waals surface area contributed by atoms with Crippen molar-refractivity contribution in [2.45, 2.75) is 46.0 Å². The summed E-state index contributed by atoms with van der Waals surface area (Å²) in [5.74, 6) is 1.43. The van der Waals surface area contributed by atoms with Gasteiger partial charge in [-0.05, 0) is 24.2 Å². The summed E-state index contributed by atoms with van der Waals surface area (Å²) in [6.07, 6.45) is 5.70. The second-order valence-corrected chi connectivity index (χ2v) is 5.50. The monoisotopic (exact) mass is 219 g/mol. The van der Waals surface area contributed by atoms with Crippen molar-refractivity contribution < 1.29 is 0 Å². The Morgan fingerprint density at radius 2 is 2.12 bits per heavy atom. The second kappa shape index (κ2) is 4.40. The van der Waals surface area contributed by atoms with Gasteiger partial charge in [0.25, 0.3) is 0 Å². The van der Waals surface area contributed by atoms with Crippen LogP contribution in [0.2, 0.25) is 0 Å². The topological polar surface area (TPSA) is 37.8 Å². The van der Waals surface area contributed by atoms with Crippen LogP contribution in [0.15, 0.2) is 12.4 Å². The highest BCUT2D eigenvalue weighted by Crippen LogP contribution is 2.40. The third kappa shape index (κ3) is 2.52. The molecule has 0 amide bonds. The van der Waals surface area contributed by atoms with Gasteiger partial charge in [-0.1, -0.05) is 27.2 Å². The van der Waals surface area contributed by atoms with E-state index in [1.54, 1.807) is 6.33 Å². The van der Waals surface area contributed by atoms with Gasteiger partial charge in [-0.3, -0.25) is 0 Å². The highest BCUT2D eigenvalue weighted by molar-refractivity contribution is 5.36. The van der Waals surface area contributed by atoms with Crippen molar-refractivity contribution in [1.82, 2.24) is 9.97 Å². The molecule has 16 heavy (non-hydrogen) atoms. The molecule has 1 N–H and O–H groups in total. The Kier molecular flexibility index (Phi) is 3.13. The summed E-state index contributed by atoms with van der Waals surface area (Å²) >= 11 is 0. The van der Waals surface area contributed by atoms with E-state index < -0.39 is 0 Å². The van der Waals surface area contributed by atoms with E-state index in [0.717, 1.165) is 18.1 Å². The van der Waals surface area contributed by atoms with Gasteiger partial charge in [-0.15, -0.1) is 0 Å². The predicted octanol–water partition coefficient (Wildman–Crippen LogP) is 3.20. The first kappa shape index (κ1) is 11.4. The van der Waals surface area contributed by atoms with E-state index in [9.17, 15) is 0 Å². The third-order valence-corrected chi connectivity index (χ3v) is 3.54. The average molecular weight is 219 g/mol. The summed E-state index contributed by atoms with van der Waals surface area (Å²) in [5, 5.41) is 3.43. The number of hydrogen-bond acceptors (Lipinski definition) is 3. The number of aromatic nitrogens is 2. The van der Waals surface area contributed by atoms with Crippen molar-refractivity contribution >= 4 is 5.82 Å². The van der Waals surface area contributed by atoms with Crippen LogP contribution in [-0.2, 0) is 0 Å². The standard InChI is InChI=1S/C13H21N3/c1-10(2)11-7-12(16-9-15-11)14-8-13(3)5-4-6-13/h7,9-10H,4-6,8H2,1-3H3,(H,14,15,16). The molecule has 0 saturated heterocycles. The molecule has 88 valence electrons. The Morgan fingerprint density at radius 1 is 1.38 bits per heavy atom. The van der Waals surface area contributed by atoms with Gasteiger partial charge in [0.05, 0.1) is 0 Å². The molecule has 1 aliphatic rings. The molecule has 0 aromatic carbocycles. The molecule has 0 bridgehead atoms. The van der Waals surface area contributed by atoms with Crippen molar-refractivity contribution in [2.75, 3.05) is 11.9 Å². The fraction of sp³-hybridized carbons (Fsp3) is 0.692. The van der Waals surface area contributed by atoms with Crippen molar-refractivity contribution in [1.29, 1.82) is 0 Å². The molecule has 1 fully saturated rings. The minimum atomic E-state index is 0.461. The maximum atomic E-state index is 4.27. The summed E-state index contributed by atoms with van der Waals surface area (Å²) in [4.78, 5) is 8.53. The van der Waals surface area contributed by atoms with E-state index in [4.69, 9.17) is 0 Å². The zero-order valence-electron chi connectivity index (χ0n) is 10.5. The highest BCUT2D eigenvalue weighted by atomic mass is 15.0. The number of nitrogens with zero attached hydrogens (tertiary/aromatic N) is 2. The summed E-state index contributed by atoms with van der Waals surface area (Å²) in [7, 11) is 0. The molecule has 1 aromatic rings. The van der Waals surface area contributed by atoms with E-state index in [0.29, 0.717) is 11.3 Å². The zero-order valence-corrected chi connectivity index (χ0v) is 10.5. The fourth-order valence-electron chi connectivity index (χ4n) is 2.05.